The van der Waals surface area contributed by atoms with Gasteiger partial charge < -0.3 is 19.5 Å². The number of alkyl halides is 4. The third-order valence-electron chi connectivity index (χ3n) is 6.32. The molecule has 0 aliphatic carbocycles. The van der Waals surface area contributed by atoms with E-state index < -0.39 is 12.5 Å². The summed E-state index contributed by atoms with van der Waals surface area (Å²) < 4.78 is 67.7. The number of nitrogens with zero attached hydrogens (tertiary/aromatic N) is 3. The van der Waals surface area contributed by atoms with Crippen molar-refractivity contribution in [3.8, 4) is 11.6 Å². The molecule has 0 saturated carbocycles. The highest BCUT2D eigenvalue weighted by atomic mass is 19.3. The fourth-order valence-corrected chi connectivity index (χ4v) is 4.60. The van der Waals surface area contributed by atoms with Crippen LogP contribution < -0.4 is 14.8 Å². The number of benzene rings is 1. The van der Waals surface area contributed by atoms with Crippen LogP contribution >= 0.6 is 0 Å². The Labute approximate surface area is 199 Å². The molecular formula is C23H26F4N4O4. The van der Waals surface area contributed by atoms with Crippen molar-refractivity contribution in [1.82, 2.24) is 20.0 Å². The number of aromatic nitrogens is 2. The first-order valence-corrected chi connectivity index (χ1v) is 11.5. The number of nitrogens with one attached hydrogen (secondary N) is 1. The van der Waals surface area contributed by atoms with Crippen LogP contribution in [0, 0.1) is 0 Å². The predicted molar refractivity (Wildman–Crippen MR) is 115 cm³/mol. The molecule has 3 aliphatic heterocycles. The first kappa shape index (κ1) is 23.9. The maximum atomic E-state index is 12.9. The lowest BCUT2D eigenvalue weighted by Gasteiger charge is -2.38. The molecule has 0 bridgehead atoms. The van der Waals surface area contributed by atoms with E-state index in [1.54, 1.807) is 21.7 Å². The Morgan fingerprint density at radius 1 is 1.29 bits per heavy atom. The summed E-state index contributed by atoms with van der Waals surface area (Å²) >= 11 is 0. The lowest BCUT2D eigenvalue weighted by Crippen LogP contribution is -2.56. The summed E-state index contributed by atoms with van der Waals surface area (Å²) in [4.78, 5) is 14.4. The summed E-state index contributed by atoms with van der Waals surface area (Å²) in [6.07, 6.45) is 1.33. The Balaban J connectivity index is 1.10. The summed E-state index contributed by atoms with van der Waals surface area (Å²) in [5, 5.41) is 7.25. The minimum atomic E-state index is -2.79. The third kappa shape index (κ3) is 5.69. The molecule has 0 spiro atoms. The van der Waals surface area contributed by atoms with Crippen molar-refractivity contribution in [3.05, 3.63) is 41.1 Å². The van der Waals surface area contributed by atoms with Crippen LogP contribution in [-0.2, 0) is 24.1 Å². The normalized spacial score (nSPS) is 22.7. The van der Waals surface area contributed by atoms with Crippen LogP contribution in [0.4, 0.5) is 17.6 Å². The second kappa shape index (κ2) is 9.65. The summed E-state index contributed by atoms with van der Waals surface area (Å²) in [7, 11) is 0. The minimum Gasteiger partial charge on any atom is -0.491 e. The van der Waals surface area contributed by atoms with Gasteiger partial charge in [-0.3, -0.25) is 9.69 Å². The van der Waals surface area contributed by atoms with Crippen molar-refractivity contribution in [2.75, 3.05) is 32.8 Å². The number of carbonyl (C=O) groups is 1. The second-order valence-corrected chi connectivity index (χ2v) is 9.15. The Morgan fingerprint density at radius 2 is 2.11 bits per heavy atom. The molecule has 5 rings (SSSR count). The van der Waals surface area contributed by atoms with Gasteiger partial charge in [0.2, 0.25) is 5.88 Å². The molecule has 8 nitrogen and oxygen atoms in total. The van der Waals surface area contributed by atoms with Crippen LogP contribution in [0.2, 0.25) is 0 Å². The summed E-state index contributed by atoms with van der Waals surface area (Å²) in [5.41, 5.74) is 1.96. The van der Waals surface area contributed by atoms with E-state index in [1.807, 2.05) is 12.1 Å². The number of rotatable bonds is 9. The quantitative estimate of drug-likeness (QED) is 0.536. The molecule has 2 atom stereocenters. The number of hydrogen-bond acceptors (Lipinski definition) is 6. The zero-order valence-electron chi connectivity index (χ0n) is 18.9. The second-order valence-electron chi connectivity index (χ2n) is 9.15. The number of carbonyl (C=O) groups excluding carboxylic acids is 1. The molecule has 1 saturated heterocycles. The average Bonchev–Trinajstić information content (AvgIpc) is 3.35. The monoisotopic (exact) mass is 498 g/mol. The van der Waals surface area contributed by atoms with Gasteiger partial charge in [-0.05, 0) is 36.5 Å². The number of fused-ring (bicyclic) bond motifs is 2. The Morgan fingerprint density at radius 3 is 2.86 bits per heavy atom. The van der Waals surface area contributed by atoms with Crippen molar-refractivity contribution in [1.29, 1.82) is 0 Å². The highest BCUT2D eigenvalue weighted by molar-refractivity contribution is 5.92. The SMILES string of the molecule is O=C(N[C@H]1COc2ccc(CCOC(F)F)cc2C1)c1cc2n(n1)C[C@H](CCN1CC(F)(F)C1)O2. The molecule has 190 valence electrons. The van der Waals surface area contributed by atoms with Gasteiger partial charge in [-0.2, -0.15) is 13.9 Å². The fraction of sp³-hybridized carbons (Fsp3) is 0.565. The van der Waals surface area contributed by atoms with Crippen LogP contribution in [0.3, 0.4) is 0 Å². The number of likely N-dealkylation sites (tertiary alicyclic amines) is 1. The van der Waals surface area contributed by atoms with E-state index in [0.29, 0.717) is 50.6 Å². The van der Waals surface area contributed by atoms with Crippen molar-refractivity contribution < 1.29 is 36.6 Å². The van der Waals surface area contributed by atoms with E-state index in [1.165, 1.54) is 0 Å². The molecule has 1 N–H and O–H groups in total. The molecule has 1 fully saturated rings. The highest BCUT2D eigenvalue weighted by Crippen LogP contribution is 2.29. The van der Waals surface area contributed by atoms with Gasteiger partial charge in [-0.15, -0.1) is 0 Å². The number of halogens is 4. The summed E-state index contributed by atoms with van der Waals surface area (Å²) in [5.74, 6) is -1.75. The number of amides is 1. The topological polar surface area (TPSA) is 77.8 Å². The van der Waals surface area contributed by atoms with E-state index >= 15 is 0 Å². The van der Waals surface area contributed by atoms with Crippen molar-refractivity contribution in [2.24, 2.45) is 0 Å². The molecule has 12 heteroatoms. The molecule has 1 amide bonds. The molecule has 35 heavy (non-hydrogen) atoms. The Kier molecular flexibility index (Phi) is 6.58. The van der Waals surface area contributed by atoms with E-state index in [0.717, 1.165) is 11.1 Å². The average molecular weight is 498 g/mol. The third-order valence-corrected chi connectivity index (χ3v) is 6.32. The van der Waals surface area contributed by atoms with Gasteiger partial charge in [0, 0.05) is 12.6 Å². The largest absolute Gasteiger partial charge is 0.491 e. The first-order chi connectivity index (χ1) is 16.7. The minimum absolute atomic E-state index is 0.0837. The van der Waals surface area contributed by atoms with Crippen LogP contribution in [-0.4, -0.2) is 78.1 Å². The van der Waals surface area contributed by atoms with Crippen molar-refractivity contribution in [3.63, 3.8) is 0 Å². The van der Waals surface area contributed by atoms with Gasteiger partial charge in [0.05, 0.1) is 32.3 Å². The van der Waals surface area contributed by atoms with Gasteiger partial charge in [-0.1, -0.05) is 12.1 Å². The Bertz CT molecular complexity index is 1050. The number of hydrogen-bond donors (Lipinski definition) is 1. The number of ether oxygens (including phenoxy) is 3. The lowest BCUT2D eigenvalue weighted by molar-refractivity contribution is -0.131. The standard InChI is InChI=1S/C23H26F4N4O4/c24-22(25)33-6-4-14-1-2-19-15(7-14)8-16(11-34-19)28-21(32)18-9-20-31(29-18)10-17(35-20)3-5-30-12-23(26,27)13-30/h1-2,7,9,16-17,22H,3-6,8,10-13H2,(H,28,32)/t16-,17+/m1/s1. The molecular weight excluding hydrogens is 472 g/mol. The molecule has 3 aliphatic rings. The first-order valence-electron chi connectivity index (χ1n) is 11.5. The van der Waals surface area contributed by atoms with Gasteiger partial charge in [0.15, 0.2) is 5.69 Å². The van der Waals surface area contributed by atoms with Crippen LogP contribution in [0.5, 0.6) is 11.6 Å². The van der Waals surface area contributed by atoms with Gasteiger partial charge in [-0.25, -0.2) is 13.5 Å². The molecule has 1 aromatic carbocycles. The molecule has 4 heterocycles. The van der Waals surface area contributed by atoms with Gasteiger partial charge >= 0.3 is 6.61 Å². The molecule has 1 aromatic heterocycles. The zero-order valence-corrected chi connectivity index (χ0v) is 18.9. The fourth-order valence-electron chi connectivity index (χ4n) is 4.60. The maximum absolute atomic E-state index is 12.9. The van der Waals surface area contributed by atoms with Crippen LogP contribution in [0.15, 0.2) is 24.3 Å². The Hall–Kier alpha value is -2.86. The summed E-state index contributed by atoms with van der Waals surface area (Å²) in [6, 6.07) is 6.79. The summed E-state index contributed by atoms with van der Waals surface area (Å²) in [6.45, 7) is -2.00. The molecule has 2 aromatic rings. The van der Waals surface area contributed by atoms with Gasteiger partial charge in [0.1, 0.15) is 18.5 Å². The molecule has 0 radical (unpaired) electrons. The van der Waals surface area contributed by atoms with Crippen LogP contribution in [0.1, 0.15) is 28.0 Å². The van der Waals surface area contributed by atoms with E-state index in [-0.39, 0.29) is 43.4 Å². The highest BCUT2D eigenvalue weighted by Gasteiger charge is 2.43. The van der Waals surface area contributed by atoms with Crippen molar-refractivity contribution >= 4 is 5.91 Å². The molecule has 0 unspecified atom stereocenters. The van der Waals surface area contributed by atoms with Gasteiger partial charge in [0.25, 0.3) is 11.8 Å². The van der Waals surface area contributed by atoms with Crippen molar-refractivity contribution in [2.45, 2.75) is 50.5 Å². The lowest BCUT2D eigenvalue weighted by atomic mass is 9.99. The zero-order chi connectivity index (χ0) is 24.6. The van der Waals surface area contributed by atoms with E-state index in [2.05, 4.69) is 15.2 Å². The maximum Gasteiger partial charge on any atom is 0.345 e. The smallest absolute Gasteiger partial charge is 0.345 e. The van der Waals surface area contributed by atoms with E-state index in [9.17, 15) is 22.4 Å². The van der Waals surface area contributed by atoms with E-state index in [4.69, 9.17) is 9.47 Å². The predicted octanol–water partition coefficient (Wildman–Crippen LogP) is 2.50. The van der Waals surface area contributed by atoms with Crippen LogP contribution in [0.25, 0.3) is 0 Å².